The molecule has 84 heavy (non-hydrogen) atoms. The highest BCUT2D eigenvalue weighted by molar-refractivity contribution is 7.20. The summed E-state index contributed by atoms with van der Waals surface area (Å²) in [5.74, 6) is -0.0342. The maximum atomic E-state index is 14.2. The van der Waals surface area contributed by atoms with Crippen LogP contribution in [0.3, 0.4) is 0 Å². The smallest absolute Gasteiger partial charge is 0.289 e. The largest absolute Gasteiger partial charge is 0.416 e. The zero-order valence-electron chi connectivity index (χ0n) is 41.3. The molecule has 8 aromatic rings. The van der Waals surface area contributed by atoms with Gasteiger partial charge >= 0.3 is 49.4 Å². The number of fused-ring (bicyclic) bond motifs is 1. The van der Waals surface area contributed by atoms with Crippen LogP contribution in [0.5, 0.6) is 0 Å². The van der Waals surface area contributed by atoms with Crippen LogP contribution in [0, 0.1) is 0 Å². The van der Waals surface area contributed by atoms with Crippen molar-refractivity contribution in [3.05, 3.63) is 231 Å². The first kappa shape index (κ1) is 63.3. The third-order valence-electron chi connectivity index (χ3n) is 13.0. The fourth-order valence-corrected chi connectivity index (χ4v) is 9.24. The minimum Gasteiger partial charge on any atom is -0.289 e. The molecule has 0 amide bonds. The molecule has 1 heterocycles. The van der Waals surface area contributed by atoms with Crippen molar-refractivity contribution < 1.29 is 120 Å². The summed E-state index contributed by atoms with van der Waals surface area (Å²) in [4.78, 5) is 25.2. The van der Waals surface area contributed by atoms with Crippen LogP contribution < -0.4 is 26.4 Å². The van der Waals surface area contributed by atoms with Crippen molar-refractivity contribution in [3.8, 4) is 0 Å². The molecule has 0 atom stereocenters. The van der Waals surface area contributed by atoms with Gasteiger partial charge in [-0.25, -0.2) is 0 Å². The molecule has 1 aromatic heterocycles. The maximum absolute atomic E-state index is 14.2. The van der Waals surface area contributed by atoms with Gasteiger partial charge in [0.25, 0.3) is 0 Å². The van der Waals surface area contributed by atoms with E-state index in [4.69, 9.17) is 0 Å². The Bertz CT molecular complexity index is 3300. The monoisotopic (exact) mass is 1220 g/mol. The molecule has 8 rings (SSSR count). The van der Waals surface area contributed by atoms with Crippen molar-refractivity contribution in [3.63, 3.8) is 0 Å². The second-order valence-corrected chi connectivity index (χ2v) is 18.6. The molecule has 0 unspecified atom stereocenters. The molecule has 0 aliphatic carbocycles. The van der Waals surface area contributed by atoms with Crippen molar-refractivity contribution in [2.45, 2.75) is 56.0 Å². The van der Waals surface area contributed by atoms with Crippen LogP contribution in [0.4, 0.5) is 105 Å². The Labute approximate surface area is 456 Å². The van der Waals surface area contributed by atoms with Crippen molar-refractivity contribution in [2.75, 3.05) is 0 Å². The van der Waals surface area contributed by atoms with E-state index in [1.54, 1.807) is 36.4 Å². The number of hydrogen-bond acceptors (Lipinski definition) is 2. The minimum atomic E-state index is -6.13. The summed E-state index contributed by atoms with van der Waals surface area (Å²) < 4.78 is 343. The molecular weight excluding hydrogens is 1190 g/mol. The van der Waals surface area contributed by atoms with Crippen LogP contribution in [0.25, 0.3) is 10.9 Å². The molecule has 3 nitrogen and oxygen atoms in total. The SMILES string of the molecule is FC(F)(F)c1cc([B-](c2cc(C(F)(F)F)cc(C(F)(F)F)c2)(c2cc(C(F)(F)F)cc(C(F)(F)F)c2)c2cc(C(F)(F)F)cc(C(F)(F)F)c2)cc(C(F)(F)F)c1.O=C(C[n+]1cccc2ccccc21)c1ccc(C(=O)c2ccccc2)cc1. The lowest BCUT2D eigenvalue weighted by Gasteiger charge is -2.46. The minimum absolute atomic E-state index is 0.00932. The van der Waals surface area contributed by atoms with Gasteiger partial charge in [-0.05, 0) is 36.4 Å². The first-order valence-electron chi connectivity index (χ1n) is 23.4. The Morgan fingerprint density at radius 1 is 0.310 bits per heavy atom. The van der Waals surface area contributed by atoms with Crippen LogP contribution in [-0.2, 0) is 56.0 Å². The van der Waals surface area contributed by atoms with E-state index in [1.165, 1.54) is 0 Å². The average molecular weight is 1220 g/mol. The lowest BCUT2D eigenvalue weighted by Crippen LogP contribution is -2.75. The number of Topliss-reactive ketones (excluding diaryl/α,β-unsaturated/α-hetero) is 1. The second-order valence-electron chi connectivity index (χ2n) is 18.6. The zero-order valence-corrected chi connectivity index (χ0v) is 41.3. The van der Waals surface area contributed by atoms with Crippen LogP contribution in [0.2, 0.25) is 0 Å². The van der Waals surface area contributed by atoms with Crippen molar-refractivity contribution >= 4 is 50.5 Å². The number of benzene rings is 7. The van der Waals surface area contributed by atoms with Gasteiger partial charge in [-0.2, -0.15) is 132 Å². The third-order valence-corrected chi connectivity index (χ3v) is 13.0. The number of nitrogens with zero attached hydrogens (tertiary/aromatic N) is 1. The van der Waals surface area contributed by atoms with E-state index in [0.717, 1.165) is 10.9 Å². The topological polar surface area (TPSA) is 38.0 Å². The fourth-order valence-electron chi connectivity index (χ4n) is 9.24. The van der Waals surface area contributed by atoms with E-state index < -0.39 is 195 Å². The third kappa shape index (κ3) is 14.0. The summed E-state index contributed by atoms with van der Waals surface area (Å²) in [7, 11) is 0. The molecule has 0 aliphatic heterocycles. The van der Waals surface area contributed by atoms with Crippen molar-refractivity contribution in [1.29, 1.82) is 0 Å². The summed E-state index contributed by atoms with van der Waals surface area (Å²) in [6, 6.07) is 19.2. The molecule has 0 fully saturated rings. The first-order chi connectivity index (χ1) is 38.5. The Morgan fingerprint density at radius 2 is 0.571 bits per heavy atom. The normalized spacial score (nSPS) is 13.1. The predicted molar refractivity (Wildman–Crippen MR) is 255 cm³/mol. The summed E-state index contributed by atoms with van der Waals surface area (Å²) in [5, 5.41) is 1.09. The lowest BCUT2D eigenvalue weighted by molar-refractivity contribution is -0.657. The van der Waals surface area contributed by atoms with E-state index in [0.29, 0.717) is 16.7 Å². The second kappa shape index (κ2) is 22.3. The van der Waals surface area contributed by atoms with E-state index in [1.807, 2.05) is 65.4 Å². The van der Waals surface area contributed by atoms with Crippen LogP contribution in [0.1, 0.15) is 70.8 Å². The van der Waals surface area contributed by atoms with E-state index in [9.17, 15) is 115 Å². The van der Waals surface area contributed by atoms with Gasteiger partial charge in [-0.3, -0.25) is 9.59 Å². The molecule has 0 spiro atoms. The number of ketones is 2. The molecular formula is C56H30BF24NO2. The van der Waals surface area contributed by atoms with Gasteiger partial charge in [0.1, 0.15) is 6.15 Å². The number of carbonyl (C=O) groups excluding carboxylic acids is 2. The standard InChI is InChI=1S/C32H12BF24.C24H18NO2/c34-25(35,36)13-1-14(26(37,38)39)6-21(5-13)33(22-7-15(27(40,41)42)2-16(8-22)28(43,44)45,23-9-17(29(46,47)48)3-18(10-23)30(49,50)51)24-11-19(31(52,53)54)4-20(12-24)32(55,56)57;26-23(17-25-16-6-10-18-7-4-5-11-22(18)25)19-12-14-21(15-13-19)24(27)20-8-2-1-3-9-20/h1-12H;1-16H,17H2/q-1;+1. The highest BCUT2D eigenvalue weighted by Gasteiger charge is 2.47. The molecule has 0 saturated heterocycles. The van der Waals surface area contributed by atoms with E-state index in [-0.39, 0.29) is 18.1 Å². The molecule has 0 radical (unpaired) electrons. The van der Waals surface area contributed by atoms with Crippen LogP contribution in [-0.4, -0.2) is 17.7 Å². The molecule has 28 heteroatoms. The fraction of sp³-hybridized carbons (Fsp3) is 0.161. The van der Waals surface area contributed by atoms with Gasteiger partial charge in [0.15, 0.2) is 12.0 Å². The molecule has 442 valence electrons. The Kier molecular flexibility index (Phi) is 16.8. The highest BCUT2D eigenvalue weighted by atomic mass is 19.4. The van der Waals surface area contributed by atoms with E-state index in [2.05, 4.69) is 0 Å². The van der Waals surface area contributed by atoms with Gasteiger partial charge in [-0.1, -0.05) is 115 Å². The molecule has 0 bridgehead atoms. The van der Waals surface area contributed by atoms with E-state index >= 15 is 0 Å². The lowest BCUT2D eigenvalue weighted by atomic mass is 9.12. The van der Waals surface area contributed by atoms with Gasteiger partial charge < -0.3 is 0 Å². The number of alkyl halides is 24. The maximum Gasteiger partial charge on any atom is 0.416 e. The van der Waals surface area contributed by atoms with Gasteiger partial charge in [0.05, 0.1) is 44.5 Å². The van der Waals surface area contributed by atoms with Crippen molar-refractivity contribution in [2.24, 2.45) is 0 Å². The molecule has 0 aliphatic rings. The average Bonchev–Trinajstić information content (AvgIpc) is 2.91. The number of aromatic nitrogens is 1. The summed E-state index contributed by atoms with van der Waals surface area (Å²) in [6.45, 7) is 0.257. The summed E-state index contributed by atoms with van der Waals surface area (Å²) >= 11 is 0. The first-order valence-corrected chi connectivity index (χ1v) is 23.4. The number of halogens is 24. The number of carbonyl (C=O) groups is 2. The Morgan fingerprint density at radius 3 is 0.881 bits per heavy atom. The molecule has 7 aromatic carbocycles. The summed E-state index contributed by atoms with van der Waals surface area (Å²) in [6.07, 6.45) is -52.9. The Balaban J connectivity index is 0.000000309. The van der Waals surface area contributed by atoms with Gasteiger partial charge in [0, 0.05) is 34.2 Å². The highest BCUT2D eigenvalue weighted by Crippen LogP contribution is 2.41. The number of rotatable bonds is 9. The number of pyridine rings is 1. The quantitative estimate of drug-likeness (QED) is 0.0625. The zero-order chi connectivity index (χ0) is 62.6. The van der Waals surface area contributed by atoms with Gasteiger partial charge in [0.2, 0.25) is 17.8 Å². The molecule has 0 saturated carbocycles. The van der Waals surface area contributed by atoms with Gasteiger partial charge in [-0.15, -0.1) is 0 Å². The number of para-hydroxylation sites is 1. The predicted octanol–water partition coefficient (Wildman–Crippen LogP) is 15.5. The number of hydrogen-bond donors (Lipinski definition) is 0. The summed E-state index contributed by atoms with van der Waals surface area (Å²) in [5.41, 5.74) is -27.4. The van der Waals surface area contributed by atoms with Crippen LogP contribution in [0.15, 0.2) is 170 Å². The molecule has 0 N–H and O–H groups in total. The van der Waals surface area contributed by atoms with Crippen molar-refractivity contribution in [1.82, 2.24) is 0 Å². The Hall–Kier alpha value is -8.33. The van der Waals surface area contributed by atoms with Crippen LogP contribution >= 0.6 is 0 Å².